The number of hydrogen-bond acceptors (Lipinski definition) is 3. The van der Waals surface area contributed by atoms with Crippen LogP contribution in [0.25, 0.3) is 10.9 Å². The molecule has 1 saturated heterocycles. The third kappa shape index (κ3) is 3.40. The first-order valence-corrected chi connectivity index (χ1v) is 10.6. The molecular formula is C24H28N4O. The summed E-state index contributed by atoms with van der Waals surface area (Å²) in [6, 6.07) is 17.3. The normalized spacial score (nSPS) is 20.1. The summed E-state index contributed by atoms with van der Waals surface area (Å²) in [5.41, 5.74) is 4.92. The fourth-order valence-electron chi connectivity index (χ4n) is 5.02. The number of fused-ring (bicyclic) bond motifs is 2. The summed E-state index contributed by atoms with van der Waals surface area (Å²) >= 11 is 0. The molecule has 0 aliphatic carbocycles. The first-order valence-electron chi connectivity index (χ1n) is 10.6. The number of carbonyl (C=O) groups is 1. The number of H-pyrrole nitrogens is 1. The molecule has 5 nitrogen and oxygen atoms in total. The Hall–Kier alpha value is -2.79. The van der Waals surface area contributed by atoms with E-state index in [9.17, 15) is 4.79 Å². The lowest BCUT2D eigenvalue weighted by Crippen LogP contribution is -2.53. The van der Waals surface area contributed by atoms with Gasteiger partial charge in [0.2, 0.25) is 5.91 Å². The second-order valence-corrected chi connectivity index (χ2v) is 8.21. The Balaban J connectivity index is 1.27. The molecule has 1 aromatic heterocycles. The van der Waals surface area contributed by atoms with Gasteiger partial charge >= 0.3 is 0 Å². The molecule has 1 atom stereocenters. The van der Waals surface area contributed by atoms with Gasteiger partial charge in [-0.15, -0.1) is 0 Å². The maximum Gasteiger partial charge on any atom is 0.224 e. The quantitative estimate of drug-likeness (QED) is 0.745. The van der Waals surface area contributed by atoms with Gasteiger partial charge in [-0.3, -0.25) is 9.69 Å². The summed E-state index contributed by atoms with van der Waals surface area (Å²) in [6.07, 6.45) is 4.11. The van der Waals surface area contributed by atoms with Crippen LogP contribution in [0.15, 0.2) is 54.7 Å². The zero-order valence-electron chi connectivity index (χ0n) is 17.0. The van der Waals surface area contributed by atoms with Crippen LogP contribution in [0.3, 0.4) is 0 Å². The minimum absolute atomic E-state index is 0.153. The Labute approximate surface area is 171 Å². The van der Waals surface area contributed by atoms with Gasteiger partial charge < -0.3 is 14.8 Å². The van der Waals surface area contributed by atoms with Gasteiger partial charge in [0.05, 0.1) is 0 Å². The Morgan fingerprint density at radius 3 is 2.62 bits per heavy atom. The highest BCUT2D eigenvalue weighted by Crippen LogP contribution is 2.32. The standard InChI is InChI=1S/C24H28N4O/c1-18(29)28-20(10-9-19-5-2-3-7-23(19)28)17-26-13-15-27(16-14-26)24-8-4-6-22-21(24)11-12-25-22/h2-8,11-12,20,25H,9-10,13-17H2,1H3. The lowest BCUT2D eigenvalue weighted by Gasteiger charge is -2.42. The lowest BCUT2D eigenvalue weighted by atomic mass is 9.95. The highest BCUT2D eigenvalue weighted by molar-refractivity contribution is 5.94. The van der Waals surface area contributed by atoms with Gasteiger partial charge in [0.1, 0.15) is 0 Å². The first kappa shape index (κ1) is 18.3. The van der Waals surface area contributed by atoms with Crippen molar-refractivity contribution in [3.8, 4) is 0 Å². The predicted octanol–water partition coefficient (Wildman–Crippen LogP) is 3.66. The second-order valence-electron chi connectivity index (χ2n) is 8.21. The van der Waals surface area contributed by atoms with Crippen molar-refractivity contribution in [3.05, 3.63) is 60.3 Å². The van der Waals surface area contributed by atoms with E-state index in [0.29, 0.717) is 0 Å². The van der Waals surface area contributed by atoms with Crippen LogP contribution in [0.1, 0.15) is 18.9 Å². The number of benzene rings is 2. The predicted molar refractivity (Wildman–Crippen MR) is 119 cm³/mol. The number of piperazine rings is 1. The second kappa shape index (κ2) is 7.56. The number of aromatic amines is 1. The van der Waals surface area contributed by atoms with Crippen LogP contribution in [0.5, 0.6) is 0 Å². The minimum atomic E-state index is 0.153. The van der Waals surface area contributed by atoms with Gasteiger partial charge in [-0.25, -0.2) is 0 Å². The number of nitrogens with zero attached hydrogens (tertiary/aromatic N) is 3. The Morgan fingerprint density at radius 1 is 1.00 bits per heavy atom. The Kier molecular flexibility index (Phi) is 4.76. The van der Waals surface area contributed by atoms with Crippen molar-refractivity contribution in [1.82, 2.24) is 9.88 Å². The fourth-order valence-corrected chi connectivity index (χ4v) is 5.02. The van der Waals surface area contributed by atoms with Gasteiger partial charge in [0.15, 0.2) is 0 Å². The highest BCUT2D eigenvalue weighted by atomic mass is 16.2. The molecule has 1 amide bonds. The topological polar surface area (TPSA) is 42.6 Å². The summed E-state index contributed by atoms with van der Waals surface area (Å²) in [5, 5.41) is 1.30. The van der Waals surface area contributed by atoms with Crippen molar-refractivity contribution in [3.63, 3.8) is 0 Å². The van der Waals surface area contributed by atoms with Crippen LogP contribution in [-0.2, 0) is 11.2 Å². The van der Waals surface area contributed by atoms with Crippen molar-refractivity contribution >= 4 is 28.2 Å². The van der Waals surface area contributed by atoms with Crippen LogP contribution >= 0.6 is 0 Å². The number of para-hydroxylation sites is 1. The molecule has 2 aromatic carbocycles. The van der Waals surface area contributed by atoms with Crippen LogP contribution in [-0.4, -0.2) is 54.6 Å². The van der Waals surface area contributed by atoms with Gasteiger partial charge in [-0.05, 0) is 42.7 Å². The number of carbonyl (C=O) groups excluding carboxylic acids is 1. The largest absolute Gasteiger partial charge is 0.368 e. The molecular weight excluding hydrogens is 360 g/mol. The van der Waals surface area contributed by atoms with Crippen LogP contribution < -0.4 is 9.80 Å². The van der Waals surface area contributed by atoms with E-state index in [1.165, 1.54) is 22.2 Å². The van der Waals surface area contributed by atoms with E-state index >= 15 is 0 Å². The third-order valence-electron chi connectivity index (χ3n) is 6.46. The van der Waals surface area contributed by atoms with Crippen molar-refractivity contribution in [2.45, 2.75) is 25.8 Å². The molecule has 0 bridgehead atoms. The maximum absolute atomic E-state index is 12.4. The summed E-state index contributed by atoms with van der Waals surface area (Å²) in [5.74, 6) is 0.153. The molecule has 150 valence electrons. The average molecular weight is 389 g/mol. The van der Waals surface area contributed by atoms with Crippen LogP contribution in [0.4, 0.5) is 11.4 Å². The first-order chi connectivity index (χ1) is 14.2. The maximum atomic E-state index is 12.4. The summed E-state index contributed by atoms with van der Waals surface area (Å²) in [7, 11) is 0. The number of hydrogen-bond donors (Lipinski definition) is 1. The molecule has 2 aliphatic rings. The van der Waals surface area contributed by atoms with Crippen molar-refractivity contribution < 1.29 is 4.79 Å². The molecule has 0 radical (unpaired) electrons. The Bertz CT molecular complexity index is 1020. The average Bonchev–Trinajstić information content (AvgIpc) is 3.23. The van der Waals surface area contributed by atoms with E-state index < -0.39 is 0 Å². The van der Waals surface area contributed by atoms with E-state index in [4.69, 9.17) is 0 Å². The lowest BCUT2D eigenvalue weighted by molar-refractivity contribution is -0.117. The zero-order chi connectivity index (χ0) is 19.8. The van der Waals surface area contributed by atoms with E-state index in [-0.39, 0.29) is 11.9 Å². The molecule has 0 spiro atoms. The summed E-state index contributed by atoms with van der Waals surface area (Å²) in [6.45, 7) is 6.76. The smallest absolute Gasteiger partial charge is 0.224 e. The van der Waals surface area contributed by atoms with Gasteiger partial charge in [0.25, 0.3) is 0 Å². The van der Waals surface area contributed by atoms with Crippen LogP contribution in [0, 0.1) is 0 Å². The minimum Gasteiger partial charge on any atom is -0.368 e. The molecule has 3 heterocycles. The monoisotopic (exact) mass is 388 g/mol. The molecule has 1 fully saturated rings. The molecule has 3 aromatic rings. The van der Waals surface area contributed by atoms with E-state index in [0.717, 1.165) is 51.3 Å². The highest BCUT2D eigenvalue weighted by Gasteiger charge is 2.31. The van der Waals surface area contributed by atoms with Crippen molar-refractivity contribution in [1.29, 1.82) is 0 Å². The Morgan fingerprint density at radius 2 is 1.79 bits per heavy atom. The van der Waals surface area contributed by atoms with Crippen molar-refractivity contribution in [2.24, 2.45) is 0 Å². The number of anilines is 2. The van der Waals surface area contributed by atoms with Gasteiger partial charge in [0, 0.05) is 74.2 Å². The summed E-state index contributed by atoms with van der Waals surface area (Å²) < 4.78 is 0. The number of amides is 1. The van der Waals surface area contributed by atoms with Crippen molar-refractivity contribution in [2.75, 3.05) is 42.5 Å². The van der Waals surface area contributed by atoms with Crippen LogP contribution in [0.2, 0.25) is 0 Å². The molecule has 2 aliphatic heterocycles. The molecule has 1 N–H and O–H groups in total. The molecule has 0 saturated carbocycles. The van der Waals surface area contributed by atoms with Gasteiger partial charge in [-0.1, -0.05) is 24.3 Å². The molecule has 29 heavy (non-hydrogen) atoms. The van der Waals surface area contributed by atoms with E-state index in [1.807, 2.05) is 17.2 Å². The third-order valence-corrected chi connectivity index (χ3v) is 6.46. The molecule has 5 rings (SSSR count). The zero-order valence-corrected chi connectivity index (χ0v) is 17.0. The van der Waals surface area contributed by atoms with Gasteiger partial charge in [-0.2, -0.15) is 0 Å². The number of rotatable bonds is 3. The van der Waals surface area contributed by atoms with E-state index in [2.05, 4.69) is 57.2 Å². The number of aromatic nitrogens is 1. The number of aryl methyl sites for hydroxylation is 1. The molecule has 1 unspecified atom stereocenters. The fraction of sp³-hybridized carbons (Fsp3) is 0.375. The SMILES string of the molecule is CC(=O)N1c2ccccc2CCC1CN1CCN(c2cccc3[nH]ccc23)CC1. The number of nitrogens with one attached hydrogen (secondary N) is 1. The van der Waals surface area contributed by atoms with E-state index in [1.54, 1.807) is 6.92 Å². The summed E-state index contributed by atoms with van der Waals surface area (Å²) in [4.78, 5) is 22.8. The molecule has 5 heteroatoms.